The average molecular weight is 394 g/mol. The van der Waals surface area contributed by atoms with Gasteiger partial charge in [0.2, 0.25) is 5.91 Å². The third kappa shape index (κ3) is 4.01. The Kier molecular flexibility index (Phi) is 5.33. The third-order valence-electron chi connectivity index (χ3n) is 5.42. The van der Waals surface area contributed by atoms with Gasteiger partial charge in [0.15, 0.2) is 0 Å². The number of likely N-dealkylation sites (tertiary alicyclic amines) is 1. The zero-order valence-corrected chi connectivity index (χ0v) is 16.9. The molecule has 0 saturated carbocycles. The van der Waals surface area contributed by atoms with Crippen LogP contribution in [-0.4, -0.2) is 49.4 Å². The molecule has 29 heavy (non-hydrogen) atoms. The van der Waals surface area contributed by atoms with Gasteiger partial charge in [-0.1, -0.05) is 0 Å². The predicted octanol–water partition coefficient (Wildman–Crippen LogP) is 2.73. The molecule has 1 aliphatic heterocycles. The third-order valence-corrected chi connectivity index (χ3v) is 5.42. The van der Waals surface area contributed by atoms with Crippen LogP contribution in [-0.2, 0) is 18.4 Å². The summed E-state index contributed by atoms with van der Waals surface area (Å²) >= 11 is 0. The van der Waals surface area contributed by atoms with E-state index < -0.39 is 0 Å². The van der Waals surface area contributed by atoms with E-state index in [0.29, 0.717) is 24.2 Å². The summed E-state index contributed by atoms with van der Waals surface area (Å²) in [7, 11) is 1.88. The second kappa shape index (κ2) is 8.06. The molecule has 0 aliphatic carbocycles. The standard InChI is InChI=1S/C21H26N6O2/c1-15-20-18(25(2)24-15)14-22-27(20)13-10-19(28)23-17-8-6-16(7-9-17)21(29)26-11-4-3-5-12-26/h6-9,14H,3-5,10-13H2,1-2H3,(H,23,28). The van der Waals surface area contributed by atoms with E-state index in [1.165, 1.54) is 6.42 Å². The highest BCUT2D eigenvalue weighted by atomic mass is 16.2. The van der Waals surface area contributed by atoms with Crippen molar-refractivity contribution in [2.75, 3.05) is 18.4 Å². The summed E-state index contributed by atoms with van der Waals surface area (Å²) in [6.07, 6.45) is 5.41. The van der Waals surface area contributed by atoms with Gasteiger partial charge in [-0.2, -0.15) is 10.2 Å². The molecule has 0 spiro atoms. The van der Waals surface area contributed by atoms with Crippen molar-refractivity contribution in [1.82, 2.24) is 24.5 Å². The van der Waals surface area contributed by atoms with Crippen molar-refractivity contribution < 1.29 is 9.59 Å². The maximum atomic E-state index is 12.5. The van der Waals surface area contributed by atoms with Crippen LogP contribution < -0.4 is 5.32 Å². The Bertz CT molecular complexity index is 1030. The normalized spacial score (nSPS) is 14.3. The summed E-state index contributed by atoms with van der Waals surface area (Å²) in [4.78, 5) is 26.8. The molecule has 1 aliphatic rings. The van der Waals surface area contributed by atoms with Crippen LogP contribution in [0.3, 0.4) is 0 Å². The molecule has 3 heterocycles. The van der Waals surface area contributed by atoms with E-state index in [1.54, 1.807) is 35.1 Å². The summed E-state index contributed by atoms with van der Waals surface area (Å²) in [6.45, 7) is 4.07. The Hall–Kier alpha value is -3.16. The summed E-state index contributed by atoms with van der Waals surface area (Å²) < 4.78 is 3.61. The molecule has 1 aromatic carbocycles. The van der Waals surface area contributed by atoms with Crippen LogP contribution in [0.5, 0.6) is 0 Å². The fourth-order valence-electron chi connectivity index (χ4n) is 3.89. The number of rotatable bonds is 5. The van der Waals surface area contributed by atoms with E-state index in [0.717, 1.165) is 42.7 Å². The summed E-state index contributed by atoms with van der Waals surface area (Å²) in [6, 6.07) is 7.13. The quantitative estimate of drug-likeness (QED) is 0.721. The first kappa shape index (κ1) is 19.2. The van der Waals surface area contributed by atoms with Crippen molar-refractivity contribution in [3.8, 4) is 0 Å². The van der Waals surface area contributed by atoms with Crippen LogP contribution in [0.1, 0.15) is 41.7 Å². The number of nitrogens with one attached hydrogen (secondary N) is 1. The lowest BCUT2D eigenvalue weighted by atomic mass is 10.1. The van der Waals surface area contributed by atoms with E-state index in [9.17, 15) is 9.59 Å². The molecule has 1 saturated heterocycles. The molecular weight excluding hydrogens is 368 g/mol. The van der Waals surface area contributed by atoms with E-state index in [1.807, 2.05) is 23.6 Å². The first-order valence-electron chi connectivity index (χ1n) is 10.1. The number of aromatic nitrogens is 4. The highest BCUT2D eigenvalue weighted by Gasteiger charge is 2.18. The van der Waals surface area contributed by atoms with Crippen LogP contribution in [0.15, 0.2) is 30.5 Å². The number of benzene rings is 1. The maximum Gasteiger partial charge on any atom is 0.253 e. The van der Waals surface area contributed by atoms with Crippen LogP contribution in [0.2, 0.25) is 0 Å². The average Bonchev–Trinajstić information content (AvgIpc) is 3.28. The van der Waals surface area contributed by atoms with Gasteiger partial charge >= 0.3 is 0 Å². The van der Waals surface area contributed by atoms with Crippen molar-refractivity contribution in [1.29, 1.82) is 0 Å². The molecular formula is C21H26N6O2. The number of anilines is 1. The summed E-state index contributed by atoms with van der Waals surface area (Å²) in [5, 5.41) is 11.6. The molecule has 2 aromatic heterocycles. The van der Waals surface area contributed by atoms with Gasteiger partial charge in [0, 0.05) is 37.8 Å². The number of piperidine rings is 1. The van der Waals surface area contributed by atoms with Gasteiger partial charge in [0.25, 0.3) is 5.91 Å². The van der Waals surface area contributed by atoms with Gasteiger partial charge in [-0.05, 0) is 50.5 Å². The van der Waals surface area contributed by atoms with Gasteiger partial charge in [0.05, 0.1) is 18.4 Å². The lowest BCUT2D eigenvalue weighted by Gasteiger charge is -2.26. The van der Waals surface area contributed by atoms with E-state index in [4.69, 9.17) is 0 Å². The number of hydrogen-bond acceptors (Lipinski definition) is 4. The molecule has 0 radical (unpaired) electrons. The topological polar surface area (TPSA) is 85.0 Å². The van der Waals surface area contributed by atoms with E-state index in [2.05, 4.69) is 15.5 Å². The Balaban J connectivity index is 1.34. The molecule has 152 valence electrons. The second-order valence-electron chi connectivity index (χ2n) is 7.54. The highest BCUT2D eigenvalue weighted by Crippen LogP contribution is 2.18. The molecule has 2 amide bonds. The van der Waals surface area contributed by atoms with Crippen LogP contribution in [0, 0.1) is 6.92 Å². The number of nitrogens with zero attached hydrogens (tertiary/aromatic N) is 5. The van der Waals surface area contributed by atoms with Gasteiger partial charge in [0.1, 0.15) is 11.0 Å². The smallest absolute Gasteiger partial charge is 0.253 e. The predicted molar refractivity (Wildman–Crippen MR) is 111 cm³/mol. The van der Waals surface area contributed by atoms with Crippen LogP contribution >= 0.6 is 0 Å². The van der Waals surface area contributed by atoms with Crippen LogP contribution in [0.25, 0.3) is 11.0 Å². The minimum Gasteiger partial charge on any atom is -0.339 e. The monoisotopic (exact) mass is 394 g/mol. The lowest BCUT2D eigenvalue weighted by Crippen LogP contribution is -2.35. The molecule has 0 atom stereocenters. The van der Waals surface area contributed by atoms with Gasteiger partial charge in [-0.15, -0.1) is 0 Å². The van der Waals surface area contributed by atoms with Crippen molar-refractivity contribution in [3.63, 3.8) is 0 Å². The SMILES string of the molecule is Cc1nn(C)c2cnn(CCC(=O)Nc3ccc(C(=O)N4CCCCC4)cc3)c12. The first-order chi connectivity index (χ1) is 14.0. The van der Waals surface area contributed by atoms with Crippen molar-refractivity contribution in [2.24, 2.45) is 7.05 Å². The van der Waals surface area contributed by atoms with Crippen molar-refractivity contribution >= 4 is 28.5 Å². The Morgan fingerprint density at radius 2 is 1.83 bits per heavy atom. The van der Waals surface area contributed by atoms with Crippen LogP contribution in [0.4, 0.5) is 5.69 Å². The summed E-state index contributed by atoms with van der Waals surface area (Å²) in [5.41, 5.74) is 4.16. The number of carbonyl (C=O) groups excluding carboxylic acids is 2. The Morgan fingerprint density at radius 1 is 1.10 bits per heavy atom. The zero-order chi connectivity index (χ0) is 20.4. The molecule has 1 fully saturated rings. The van der Waals surface area contributed by atoms with Crippen molar-refractivity contribution in [2.45, 2.75) is 39.2 Å². The number of carbonyl (C=O) groups is 2. The Labute approximate surface area is 169 Å². The first-order valence-corrected chi connectivity index (χ1v) is 10.1. The highest BCUT2D eigenvalue weighted by molar-refractivity contribution is 5.96. The zero-order valence-electron chi connectivity index (χ0n) is 16.9. The molecule has 3 aromatic rings. The molecule has 0 unspecified atom stereocenters. The number of hydrogen-bond donors (Lipinski definition) is 1. The van der Waals surface area contributed by atoms with Gasteiger partial charge in [-0.3, -0.25) is 19.0 Å². The van der Waals surface area contributed by atoms with Gasteiger partial charge in [-0.25, -0.2) is 0 Å². The maximum absolute atomic E-state index is 12.5. The number of aryl methyl sites for hydroxylation is 3. The lowest BCUT2D eigenvalue weighted by molar-refractivity contribution is -0.116. The molecule has 8 heteroatoms. The van der Waals surface area contributed by atoms with E-state index in [-0.39, 0.29) is 11.8 Å². The Morgan fingerprint density at radius 3 is 2.55 bits per heavy atom. The molecule has 1 N–H and O–H groups in total. The minimum absolute atomic E-state index is 0.0668. The largest absolute Gasteiger partial charge is 0.339 e. The van der Waals surface area contributed by atoms with E-state index >= 15 is 0 Å². The van der Waals surface area contributed by atoms with Crippen molar-refractivity contribution in [3.05, 3.63) is 41.7 Å². The number of amides is 2. The number of fused-ring (bicyclic) bond motifs is 1. The fourth-order valence-corrected chi connectivity index (χ4v) is 3.89. The molecule has 8 nitrogen and oxygen atoms in total. The summed E-state index contributed by atoms with van der Waals surface area (Å²) in [5.74, 6) is -0.0255. The second-order valence-corrected chi connectivity index (χ2v) is 7.54. The van der Waals surface area contributed by atoms with Gasteiger partial charge < -0.3 is 10.2 Å². The minimum atomic E-state index is -0.0923. The fraction of sp³-hybridized carbons (Fsp3) is 0.429. The molecule has 4 rings (SSSR count). The molecule has 0 bridgehead atoms.